The van der Waals surface area contributed by atoms with Crippen LogP contribution < -0.4 is 10.6 Å². The Kier molecular flexibility index (Phi) is 5.34. The molecule has 0 spiro atoms. The fourth-order valence-electron chi connectivity index (χ4n) is 1.21. The van der Waals surface area contributed by atoms with Crippen LogP contribution in [0.4, 0.5) is 5.82 Å². The molecule has 0 saturated carbocycles. The minimum atomic E-state index is -0.0478. The fraction of sp³-hybridized carbons (Fsp3) is 0.545. The first-order chi connectivity index (χ1) is 8.02. The van der Waals surface area contributed by atoms with Gasteiger partial charge in [0.1, 0.15) is 16.2 Å². The van der Waals surface area contributed by atoms with Crippen molar-refractivity contribution >= 4 is 27.7 Å². The molecule has 0 atom stereocenters. The fourth-order valence-corrected chi connectivity index (χ4v) is 1.61. The number of likely N-dealkylation sites (N-methyl/N-ethyl adjacent to an activating group) is 1. The van der Waals surface area contributed by atoms with E-state index in [4.69, 9.17) is 0 Å². The van der Waals surface area contributed by atoms with Crippen molar-refractivity contribution in [1.82, 2.24) is 15.3 Å². The van der Waals surface area contributed by atoms with E-state index in [1.807, 2.05) is 20.8 Å². The quantitative estimate of drug-likeness (QED) is 0.815. The third-order valence-corrected chi connectivity index (χ3v) is 2.44. The molecule has 0 aromatic carbocycles. The van der Waals surface area contributed by atoms with Gasteiger partial charge in [-0.05, 0) is 22.9 Å². The highest BCUT2D eigenvalue weighted by molar-refractivity contribution is 9.10. The van der Waals surface area contributed by atoms with Crippen molar-refractivity contribution in [2.24, 2.45) is 0 Å². The lowest BCUT2D eigenvalue weighted by Crippen LogP contribution is -2.29. The van der Waals surface area contributed by atoms with Crippen LogP contribution in [-0.4, -0.2) is 29.0 Å². The normalized spacial score (nSPS) is 10.4. The SMILES string of the molecule is CCNC(=O)CNc1cc(Br)nc(C(C)C)n1. The molecule has 0 saturated heterocycles. The van der Waals surface area contributed by atoms with Gasteiger partial charge in [0.25, 0.3) is 0 Å². The van der Waals surface area contributed by atoms with Crippen molar-refractivity contribution in [2.45, 2.75) is 26.7 Å². The molecular formula is C11H17BrN4O. The van der Waals surface area contributed by atoms with Gasteiger partial charge in [-0.1, -0.05) is 13.8 Å². The second-order valence-electron chi connectivity index (χ2n) is 3.90. The molecule has 0 aliphatic rings. The Morgan fingerprint density at radius 3 is 2.76 bits per heavy atom. The maximum atomic E-state index is 11.3. The van der Waals surface area contributed by atoms with Crippen molar-refractivity contribution in [2.75, 3.05) is 18.4 Å². The van der Waals surface area contributed by atoms with Gasteiger partial charge in [-0.25, -0.2) is 9.97 Å². The minimum Gasteiger partial charge on any atom is -0.361 e. The molecule has 6 heteroatoms. The van der Waals surface area contributed by atoms with E-state index in [2.05, 4.69) is 36.5 Å². The Hall–Kier alpha value is -1.17. The van der Waals surface area contributed by atoms with Crippen molar-refractivity contribution < 1.29 is 4.79 Å². The van der Waals surface area contributed by atoms with Gasteiger partial charge >= 0.3 is 0 Å². The molecule has 0 aliphatic carbocycles. The highest BCUT2D eigenvalue weighted by Gasteiger charge is 2.07. The summed E-state index contributed by atoms with van der Waals surface area (Å²) in [4.78, 5) is 19.9. The van der Waals surface area contributed by atoms with Crippen LogP contribution in [0.5, 0.6) is 0 Å². The standard InChI is InChI=1S/C11H17BrN4O/c1-4-13-10(17)6-14-9-5-8(12)15-11(16-9)7(2)3/h5,7H,4,6H2,1-3H3,(H,13,17)(H,14,15,16). The molecule has 1 aromatic rings. The summed E-state index contributed by atoms with van der Waals surface area (Å²) >= 11 is 3.33. The van der Waals surface area contributed by atoms with Crippen LogP contribution >= 0.6 is 15.9 Å². The predicted octanol–water partition coefficient (Wildman–Crippen LogP) is 1.91. The third-order valence-electron chi connectivity index (χ3n) is 2.03. The van der Waals surface area contributed by atoms with Crippen LogP contribution in [-0.2, 0) is 4.79 Å². The number of hydrogen-bond acceptors (Lipinski definition) is 4. The molecule has 94 valence electrons. The zero-order chi connectivity index (χ0) is 12.8. The number of nitrogens with zero attached hydrogens (tertiary/aromatic N) is 2. The van der Waals surface area contributed by atoms with E-state index in [1.165, 1.54) is 0 Å². The van der Waals surface area contributed by atoms with E-state index in [0.717, 1.165) is 10.4 Å². The van der Waals surface area contributed by atoms with Crippen molar-refractivity contribution in [1.29, 1.82) is 0 Å². The van der Waals surface area contributed by atoms with E-state index in [9.17, 15) is 4.79 Å². The van der Waals surface area contributed by atoms with Crippen LogP contribution in [0.3, 0.4) is 0 Å². The number of carbonyl (C=O) groups is 1. The predicted molar refractivity (Wildman–Crippen MR) is 71.0 cm³/mol. The summed E-state index contributed by atoms with van der Waals surface area (Å²) < 4.78 is 0.717. The molecule has 0 unspecified atom stereocenters. The molecule has 0 radical (unpaired) electrons. The second kappa shape index (κ2) is 6.54. The zero-order valence-corrected chi connectivity index (χ0v) is 11.8. The highest BCUT2D eigenvalue weighted by atomic mass is 79.9. The summed E-state index contributed by atoms with van der Waals surface area (Å²) in [7, 11) is 0. The monoisotopic (exact) mass is 300 g/mol. The van der Waals surface area contributed by atoms with Gasteiger partial charge in [0.15, 0.2) is 0 Å². The molecule has 0 bridgehead atoms. The zero-order valence-electron chi connectivity index (χ0n) is 10.2. The topological polar surface area (TPSA) is 66.9 Å². The lowest BCUT2D eigenvalue weighted by atomic mass is 10.2. The first-order valence-corrected chi connectivity index (χ1v) is 6.37. The maximum Gasteiger partial charge on any atom is 0.239 e. The van der Waals surface area contributed by atoms with Crippen LogP contribution in [0, 0.1) is 0 Å². The van der Waals surface area contributed by atoms with E-state index < -0.39 is 0 Å². The van der Waals surface area contributed by atoms with Crippen LogP contribution in [0.25, 0.3) is 0 Å². The number of rotatable bonds is 5. The van der Waals surface area contributed by atoms with Crippen LogP contribution in [0.15, 0.2) is 10.7 Å². The van der Waals surface area contributed by atoms with Crippen molar-refractivity contribution in [3.63, 3.8) is 0 Å². The van der Waals surface area contributed by atoms with Crippen molar-refractivity contribution in [3.05, 3.63) is 16.5 Å². The second-order valence-corrected chi connectivity index (χ2v) is 4.71. The van der Waals surface area contributed by atoms with Gasteiger partial charge < -0.3 is 10.6 Å². The molecule has 17 heavy (non-hydrogen) atoms. The van der Waals surface area contributed by atoms with Gasteiger partial charge in [-0.15, -0.1) is 0 Å². The summed E-state index contributed by atoms with van der Waals surface area (Å²) in [5.41, 5.74) is 0. The lowest BCUT2D eigenvalue weighted by Gasteiger charge is -2.09. The first-order valence-electron chi connectivity index (χ1n) is 5.58. The van der Waals surface area contributed by atoms with E-state index in [-0.39, 0.29) is 18.4 Å². The van der Waals surface area contributed by atoms with E-state index >= 15 is 0 Å². The Morgan fingerprint density at radius 2 is 2.18 bits per heavy atom. The molecule has 5 nitrogen and oxygen atoms in total. The minimum absolute atomic E-state index is 0.0478. The first kappa shape index (κ1) is 13.9. The smallest absolute Gasteiger partial charge is 0.239 e. The summed E-state index contributed by atoms with van der Waals surface area (Å²) in [5, 5.41) is 5.68. The maximum absolute atomic E-state index is 11.3. The van der Waals surface area contributed by atoms with Crippen LogP contribution in [0.2, 0.25) is 0 Å². The number of amides is 1. The van der Waals surface area contributed by atoms with Gasteiger partial charge in [0, 0.05) is 18.5 Å². The van der Waals surface area contributed by atoms with Gasteiger partial charge in [0.05, 0.1) is 6.54 Å². The van der Waals surface area contributed by atoms with Gasteiger partial charge in [-0.2, -0.15) is 0 Å². The number of hydrogen-bond donors (Lipinski definition) is 2. The largest absolute Gasteiger partial charge is 0.361 e. The molecular weight excluding hydrogens is 284 g/mol. The molecule has 1 amide bonds. The third kappa shape index (κ3) is 4.68. The average Bonchev–Trinajstić information content (AvgIpc) is 2.26. The Bertz CT molecular complexity index is 395. The summed E-state index contributed by atoms with van der Waals surface area (Å²) in [6.45, 7) is 6.78. The van der Waals surface area contributed by atoms with Gasteiger partial charge in [0.2, 0.25) is 5.91 Å². The van der Waals surface area contributed by atoms with E-state index in [1.54, 1.807) is 6.07 Å². The summed E-state index contributed by atoms with van der Waals surface area (Å²) in [6, 6.07) is 1.76. The van der Waals surface area contributed by atoms with E-state index in [0.29, 0.717) is 12.4 Å². The molecule has 0 aliphatic heterocycles. The molecule has 2 N–H and O–H groups in total. The molecule has 1 aromatic heterocycles. The average molecular weight is 301 g/mol. The molecule has 1 rings (SSSR count). The number of carbonyl (C=O) groups excluding carboxylic acids is 1. The Morgan fingerprint density at radius 1 is 1.47 bits per heavy atom. The Balaban J connectivity index is 2.68. The number of aromatic nitrogens is 2. The van der Waals surface area contributed by atoms with Crippen molar-refractivity contribution in [3.8, 4) is 0 Å². The number of nitrogens with one attached hydrogen (secondary N) is 2. The lowest BCUT2D eigenvalue weighted by molar-refractivity contribution is -0.119. The number of anilines is 1. The summed E-state index contributed by atoms with van der Waals surface area (Å²) in [6.07, 6.45) is 0. The van der Waals surface area contributed by atoms with Crippen LogP contribution in [0.1, 0.15) is 32.5 Å². The highest BCUT2D eigenvalue weighted by Crippen LogP contribution is 2.17. The molecule has 1 heterocycles. The molecule has 0 fully saturated rings. The van der Waals surface area contributed by atoms with Gasteiger partial charge in [-0.3, -0.25) is 4.79 Å². The summed E-state index contributed by atoms with van der Waals surface area (Å²) in [5.74, 6) is 1.60. The number of halogens is 1. The Labute approximate surface area is 110 Å².